The number of ketones is 1. The third-order valence-electron chi connectivity index (χ3n) is 8.93. The summed E-state index contributed by atoms with van der Waals surface area (Å²) in [7, 11) is 1.53. The smallest absolute Gasteiger partial charge is 0.246 e. The molecule has 3 amide bonds. The van der Waals surface area contributed by atoms with Gasteiger partial charge >= 0.3 is 0 Å². The van der Waals surface area contributed by atoms with E-state index >= 15 is 0 Å². The molecule has 242 valence electrons. The van der Waals surface area contributed by atoms with Gasteiger partial charge in [-0.05, 0) is 70.1 Å². The van der Waals surface area contributed by atoms with Crippen molar-refractivity contribution in [3.8, 4) is 5.75 Å². The van der Waals surface area contributed by atoms with Crippen molar-refractivity contribution >= 4 is 23.5 Å². The number of benzene rings is 1. The Morgan fingerprint density at radius 3 is 2.36 bits per heavy atom. The Balaban J connectivity index is 1.69. The van der Waals surface area contributed by atoms with Crippen LogP contribution in [-0.4, -0.2) is 103 Å². The number of morpholine rings is 1. The van der Waals surface area contributed by atoms with Crippen LogP contribution in [-0.2, 0) is 35.1 Å². The standard InChI is InChI=1S/C32H46N4O8/c1-21(37)32(30(33)41,35-27(38)19-36-13-15-43-16-14-36)25(17-23-9-11-24(42-3)12-10-23)29(40)34-26(28(39)31(2)20-44-31)18-22-7-5-4-6-8-22/h7,9-12,21,25-26,37H,4-6,8,13-20H2,1-3H3,(H2,33,41)(H,34,40)(H,35,38)/t21?,25-,26+,31-,32?/m1/s1. The number of amides is 3. The molecular formula is C32H46N4O8. The van der Waals surface area contributed by atoms with Gasteiger partial charge in [0, 0.05) is 13.1 Å². The number of hydrogen-bond acceptors (Lipinski definition) is 9. The van der Waals surface area contributed by atoms with Crippen molar-refractivity contribution in [2.75, 3.05) is 46.6 Å². The Hall–Kier alpha value is -3.32. The molecule has 2 heterocycles. The van der Waals surface area contributed by atoms with Crippen LogP contribution in [0.4, 0.5) is 0 Å². The molecule has 2 aliphatic heterocycles. The van der Waals surface area contributed by atoms with Gasteiger partial charge < -0.3 is 35.7 Å². The second-order valence-corrected chi connectivity index (χ2v) is 12.2. The van der Waals surface area contributed by atoms with Gasteiger partial charge in [0.05, 0.1) is 51.5 Å². The molecule has 44 heavy (non-hydrogen) atoms. The van der Waals surface area contributed by atoms with Crippen molar-refractivity contribution in [1.29, 1.82) is 0 Å². The number of hydrogen-bond donors (Lipinski definition) is 4. The Bertz CT molecular complexity index is 1220. The van der Waals surface area contributed by atoms with Crippen LogP contribution in [0.5, 0.6) is 5.75 Å². The second-order valence-electron chi connectivity index (χ2n) is 12.2. The fraction of sp³-hybridized carbons (Fsp3) is 0.625. The van der Waals surface area contributed by atoms with Crippen LogP contribution < -0.4 is 21.1 Å². The summed E-state index contributed by atoms with van der Waals surface area (Å²) in [6.45, 7) is 5.14. The van der Waals surface area contributed by atoms with Crippen molar-refractivity contribution in [2.24, 2.45) is 11.7 Å². The van der Waals surface area contributed by atoms with Crippen LogP contribution in [0.25, 0.3) is 0 Å². The molecule has 1 aromatic carbocycles. The van der Waals surface area contributed by atoms with E-state index in [-0.39, 0.29) is 25.4 Å². The van der Waals surface area contributed by atoms with Crippen LogP contribution in [0.3, 0.4) is 0 Å². The van der Waals surface area contributed by atoms with E-state index in [1.165, 1.54) is 14.0 Å². The molecule has 12 nitrogen and oxygen atoms in total. The van der Waals surface area contributed by atoms with Gasteiger partial charge in [-0.2, -0.15) is 0 Å². The zero-order valence-electron chi connectivity index (χ0n) is 25.9. The lowest BCUT2D eigenvalue weighted by atomic mass is 9.74. The van der Waals surface area contributed by atoms with Crippen LogP contribution >= 0.6 is 0 Å². The molecular weight excluding hydrogens is 568 g/mol. The highest BCUT2D eigenvalue weighted by molar-refractivity contribution is 6.00. The van der Waals surface area contributed by atoms with E-state index in [1.54, 1.807) is 31.2 Å². The van der Waals surface area contributed by atoms with Gasteiger partial charge in [0.2, 0.25) is 17.7 Å². The molecule has 1 aromatic rings. The Labute approximate surface area is 258 Å². The van der Waals surface area contributed by atoms with Gasteiger partial charge in [0.25, 0.3) is 0 Å². The molecule has 2 saturated heterocycles. The number of Topliss-reactive ketones (excluding diaryl/α,β-unsaturated/α-hetero) is 1. The third-order valence-corrected chi connectivity index (χ3v) is 8.93. The predicted octanol–water partition coefficient (Wildman–Crippen LogP) is 0.641. The molecule has 1 aliphatic carbocycles. The zero-order valence-corrected chi connectivity index (χ0v) is 25.9. The summed E-state index contributed by atoms with van der Waals surface area (Å²) in [6, 6.07) is 5.96. The van der Waals surface area contributed by atoms with E-state index in [2.05, 4.69) is 16.7 Å². The zero-order chi connectivity index (χ0) is 31.9. The van der Waals surface area contributed by atoms with Crippen LogP contribution in [0, 0.1) is 5.92 Å². The molecule has 12 heteroatoms. The average Bonchev–Trinajstić information content (AvgIpc) is 3.77. The lowest BCUT2D eigenvalue weighted by Crippen LogP contribution is -2.71. The highest BCUT2D eigenvalue weighted by atomic mass is 16.6. The average molecular weight is 615 g/mol. The number of aliphatic hydroxyl groups is 1. The van der Waals surface area contributed by atoms with Crippen molar-refractivity contribution in [3.05, 3.63) is 41.5 Å². The first-order valence-corrected chi connectivity index (χ1v) is 15.4. The first-order valence-electron chi connectivity index (χ1n) is 15.4. The molecule has 5 atom stereocenters. The van der Waals surface area contributed by atoms with E-state index in [1.807, 2.05) is 4.90 Å². The minimum Gasteiger partial charge on any atom is -0.497 e. The summed E-state index contributed by atoms with van der Waals surface area (Å²) in [6.07, 6.45) is 4.58. The van der Waals surface area contributed by atoms with E-state index < -0.39 is 46.9 Å². The van der Waals surface area contributed by atoms with Gasteiger partial charge in [0.1, 0.15) is 11.4 Å². The fourth-order valence-corrected chi connectivity index (χ4v) is 6.07. The maximum Gasteiger partial charge on any atom is 0.246 e. The SMILES string of the molecule is COc1ccc(C[C@H](C(=O)N[C@@H](CC2=CCCCC2)C(=O)[C@@]2(C)CO2)C(NC(=O)CN2CCOCC2)(C(N)=O)C(C)O)cc1. The Morgan fingerprint density at radius 2 is 1.82 bits per heavy atom. The number of nitrogens with two attached hydrogens (primary N) is 1. The number of carbonyl (C=O) groups is 4. The second kappa shape index (κ2) is 14.6. The number of rotatable bonds is 15. The molecule has 0 spiro atoms. The lowest BCUT2D eigenvalue weighted by molar-refractivity contribution is -0.147. The molecule has 0 radical (unpaired) electrons. The summed E-state index contributed by atoms with van der Waals surface area (Å²) in [4.78, 5) is 56.6. The van der Waals surface area contributed by atoms with Gasteiger partial charge in [-0.25, -0.2) is 0 Å². The monoisotopic (exact) mass is 614 g/mol. The summed E-state index contributed by atoms with van der Waals surface area (Å²) >= 11 is 0. The lowest BCUT2D eigenvalue weighted by Gasteiger charge is -2.41. The number of methoxy groups -OCH3 is 1. The summed E-state index contributed by atoms with van der Waals surface area (Å²) in [5, 5.41) is 16.7. The van der Waals surface area contributed by atoms with Crippen molar-refractivity contribution in [1.82, 2.24) is 15.5 Å². The number of nitrogens with one attached hydrogen (secondary N) is 2. The van der Waals surface area contributed by atoms with Crippen molar-refractivity contribution < 1.29 is 38.5 Å². The highest BCUT2D eigenvalue weighted by Gasteiger charge is 2.55. The van der Waals surface area contributed by atoms with E-state index in [9.17, 15) is 24.3 Å². The molecule has 3 aliphatic rings. The maximum atomic E-state index is 14.4. The molecule has 5 N–H and O–H groups in total. The van der Waals surface area contributed by atoms with Crippen molar-refractivity contribution in [3.63, 3.8) is 0 Å². The number of primary amides is 1. The molecule has 0 saturated carbocycles. The summed E-state index contributed by atoms with van der Waals surface area (Å²) in [5.74, 6) is -3.37. The minimum atomic E-state index is -2.19. The normalized spacial score (nSPS) is 23.7. The largest absolute Gasteiger partial charge is 0.497 e. The number of aliphatic hydroxyl groups excluding tert-OH is 1. The van der Waals surface area contributed by atoms with Gasteiger partial charge in [-0.3, -0.25) is 24.1 Å². The number of carbonyl (C=O) groups excluding carboxylic acids is 4. The number of nitrogens with zero attached hydrogens (tertiary/aromatic N) is 1. The summed E-state index contributed by atoms with van der Waals surface area (Å²) < 4.78 is 16.1. The fourth-order valence-electron chi connectivity index (χ4n) is 6.07. The number of epoxide rings is 1. The molecule has 2 fully saturated rings. The Kier molecular flexibility index (Phi) is 11.2. The van der Waals surface area contributed by atoms with Crippen LogP contribution in [0.15, 0.2) is 35.9 Å². The molecule has 0 aromatic heterocycles. The van der Waals surface area contributed by atoms with Crippen molar-refractivity contribution in [2.45, 2.75) is 75.7 Å². The topological polar surface area (TPSA) is 173 Å². The molecule has 2 unspecified atom stereocenters. The number of ether oxygens (including phenoxy) is 3. The van der Waals surface area contributed by atoms with E-state index in [4.69, 9.17) is 19.9 Å². The minimum absolute atomic E-state index is 0.0706. The number of allylic oxidation sites excluding steroid dienone is 1. The van der Waals surface area contributed by atoms with Crippen LogP contribution in [0.2, 0.25) is 0 Å². The predicted molar refractivity (Wildman–Crippen MR) is 162 cm³/mol. The maximum absolute atomic E-state index is 14.4. The summed E-state index contributed by atoms with van der Waals surface area (Å²) in [5.41, 5.74) is 4.48. The first-order chi connectivity index (χ1) is 21.0. The molecule has 4 rings (SSSR count). The highest BCUT2D eigenvalue weighted by Crippen LogP contribution is 2.33. The van der Waals surface area contributed by atoms with Gasteiger partial charge in [-0.15, -0.1) is 0 Å². The Morgan fingerprint density at radius 1 is 1.14 bits per heavy atom. The first kappa shape index (κ1) is 33.6. The van der Waals surface area contributed by atoms with Gasteiger partial charge in [-0.1, -0.05) is 23.8 Å². The molecule has 0 bridgehead atoms. The third kappa shape index (κ3) is 8.03. The van der Waals surface area contributed by atoms with Crippen LogP contribution in [0.1, 0.15) is 51.5 Å². The van der Waals surface area contributed by atoms with E-state index in [0.717, 1.165) is 31.3 Å². The van der Waals surface area contributed by atoms with E-state index in [0.29, 0.717) is 44.0 Å². The van der Waals surface area contributed by atoms with Gasteiger partial charge in [0.15, 0.2) is 11.3 Å². The quantitative estimate of drug-likeness (QED) is 0.163.